The van der Waals surface area contributed by atoms with E-state index in [2.05, 4.69) is 19.2 Å². The van der Waals surface area contributed by atoms with Crippen molar-refractivity contribution >= 4 is 5.91 Å². The quantitative estimate of drug-likeness (QED) is 0.0742. The summed E-state index contributed by atoms with van der Waals surface area (Å²) in [5.74, 6) is -0.146. The van der Waals surface area contributed by atoms with Crippen LogP contribution in [0.2, 0.25) is 0 Å². The first kappa shape index (κ1) is 36.4. The standard InChI is InChI=1S/C32H65NO4/c1-3-5-7-9-11-13-15-17-19-21-23-25-27-31(36)33-29(28-34)32(37)30(35)26-24-22-20-18-16-14-12-10-8-6-4-2/h29-30,32,34-35,37H,3-28H2,1-2H3,(H,33,36)/t29-,30+,32-/m0/s1. The van der Waals surface area contributed by atoms with Crippen molar-refractivity contribution in [3.63, 3.8) is 0 Å². The Kier molecular flexibility index (Phi) is 27.9. The molecular weight excluding hydrogens is 462 g/mol. The van der Waals surface area contributed by atoms with Crippen molar-refractivity contribution in [1.82, 2.24) is 5.32 Å². The van der Waals surface area contributed by atoms with Crippen molar-refractivity contribution < 1.29 is 20.1 Å². The molecule has 0 aromatic rings. The molecule has 5 nitrogen and oxygen atoms in total. The molecule has 0 fully saturated rings. The summed E-state index contributed by atoms with van der Waals surface area (Å²) < 4.78 is 0. The highest BCUT2D eigenvalue weighted by Crippen LogP contribution is 2.15. The van der Waals surface area contributed by atoms with Gasteiger partial charge in [-0.25, -0.2) is 0 Å². The van der Waals surface area contributed by atoms with Crippen LogP contribution in [0.1, 0.15) is 174 Å². The molecule has 1 amide bonds. The van der Waals surface area contributed by atoms with Crippen LogP contribution in [0.15, 0.2) is 0 Å². The van der Waals surface area contributed by atoms with Crippen LogP contribution in [0.25, 0.3) is 0 Å². The van der Waals surface area contributed by atoms with Crippen LogP contribution in [0.4, 0.5) is 0 Å². The summed E-state index contributed by atoms with van der Waals surface area (Å²) >= 11 is 0. The molecule has 0 aliphatic rings. The fraction of sp³-hybridized carbons (Fsp3) is 0.969. The number of rotatable bonds is 29. The molecule has 0 aromatic heterocycles. The molecule has 37 heavy (non-hydrogen) atoms. The molecule has 0 aliphatic carbocycles. The lowest BCUT2D eigenvalue weighted by Crippen LogP contribution is -2.50. The van der Waals surface area contributed by atoms with E-state index >= 15 is 0 Å². The maximum Gasteiger partial charge on any atom is 0.220 e. The lowest BCUT2D eigenvalue weighted by Gasteiger charge is -2.26. The lowest BCUT2D eigenvalue weighted by molar-refractivity contribution is -0.124. The van der Waals surface area contributed by atoms with Gasteiger partial charge in [0.25, 0.3) is 0 Å². The van der Waals surface area contributed by atoms with Gasteiger partial charge < -0.3 is 20.6 Å². The Bertz CT molecular complexity index is 474. The van der Waals surface area contributed by atoms with Gasteiger partial charge in [0.2, 0.25) is 5.91 Å². The van der Waals surface area contributed by atoms with Gasteiger partial charge in [-0.2, -0.15) is 0 Å². The van der Waals surface area contributed by atoms with Crippen molar-refractivity contribution in [3.8, 4) is 0 Å². The zero-order valence-electron chi connectivity index (χ0n) is 24.9. The number of aliphatic hydroxyl groups is 3. The molecule has 0 saturated heterocycles. The highest BCUT2D eigenvalue weighted by atomic mass is 16.3. The Morgan fingerprint density at radius 2 is 0.919 bits per heavy atom. The highest BCUT2D eigenvalue weighted by molar-refractivity contribution is 5.76. The van der Waals surface area contributed by atoms with Gasteiger partial charge in [0.15, 0.2) is 0 Å². The predicted molar refractivity (Wildman–Crippen MR) is 158 cm³/mol. The summed E-state index contributed by atoms with van der Waals surface area (Å²) in [7, 11) is 0. The maximum absolute atomic E-state index is 12.3. The Balaban J connectivity index is 3.72. The number of hydrogen-bond acceptors (Lipinski definition) is 4. The van der Waals surface area contributed by atoms with E-state index in [9.17, 15) is 20.1 Å². The van der Waals surface area contributed by atoms with Crippen LogP contribution in [0.3, 0.4) is 0 Å². The fourth-order valence-electron chi connectivity index (χ4n) is 5.10. The number of unbranched alkanes of at least 4 members (excludes halogenated alkanes) is 21. The molecule has 0 aliphatic heterocycles. The Morgan fingerprint density at radius 3 is 1.30 bits per heavy atom. The normalized spacial score (nSPS) is 14.0. The average molecular weight is 528 g/mol. The molecule has 3 atom stereocenters. The van der Waals surface area contributed by atoms with Gasteiger partial charge in [0, 0.05) is 6.42 Å². The summed E-state index contributed by atoms with van der Waals surface area (Å²) in [6, 6.07) is -0.799. The third kappa shape index (κ3) is 24.1. The van der Waals surface area contributed by atoms with Gasteiger partial charge in [0.1, 0.15) is 6.10 Å². The van der Waals surface area contributed by atoms with Crippen molar-refractivity contribution in [1.29, 1.82) is 0 Å². The van der Waals surface area contributed by atoms with Gasteiger partial charge >= 0.3 is 0 Å². The van der Waals surface area contributed by atoms with Crippen LogP contribution in [0, 0.1) is 0 Å². The first-order valence-electron chi connectivity index (χ1n) is 16.3. The second kappa shape index (κ2) is 28.4. The van der Waals surface area contributed by atoms with Crippen molar-refractivity contribution in [2.75, 3.05) is 6.61 Å². The van der Waals surface area contributed by atoms with E-state index in [-0.39, 0.29) is 12.5 Å². The molecule has 0 unspecified atom stereocenters. The van der Waals surface area contributed by atoms with E-state index in [1.54, 1.807) is 0 Å². The number of nitrogens with one attached hydrogen (secondary N) is 1. The molecule has 0 bridgehead atoms. The van der Waals surface area contributed by atoms with Crippen LogP contribution < -0.4 is 5.32 Å². The van der Waals surface area contributed by atoms with E-state index in [0.29, 0.717) is 12.8 Å². The SMILES string of the molecule is CCCCCCCCCCCCCCC(=O)N[C@@H](CO)[C@H](O)[C@H](O)CCCCCCCCCCCCC. The van der Waals surface area contributed by atoms with Gasteiger partial charge in [-0.15, -0.1) is 0 Å². The summed E-state index contributed by atoms with van der Waals surface area (Å²) in [6.07, 6.45) is 27.5. The van der Waals surface area contributed by atoms with E-state index < -0.39 is 18.2 Å². The van der Waals surface area contributed by atoms with Crippen molar-refractivity contribution in [3.05, 3.63) is 0 Å². The van der Waals surface area contributed by atoms with E-state index in [1.165, 1.54) is 109 Å². The van der Waals surface area contributed by atoms with Crippen LogP contribution in [0.5, 0.6) is 0 Å². The average Bonchev–Trinajstić information content (AvgIpc) is 2.90. The fourth-order valence-corrected chi connectivity index (χ4v) is 5.10. The third-order valence-electron chi connectivity index (χ3n) is 7.71. The molecule has 0 spiro atoms. The van der Waals surface area contributed by atoms with Gasteiger partial charge in [-0.05, 0) is 12.8 Å². The zero-order valence-corrected chi connectivity index (χ0v) is 24.9. The van der Waals surface area contributed by atoms with E-state index in [1.807, 2.05) is 0 Å². The number of carbonyl (C=O) groups excluding carboxylic acids is 1. The molecular formula is C32H65NO4. The molecule has 0 rings (SSSR count). The van der Waals surface area contributed by atoms with Gasteiger partial charge in [-0.1, -0.05) is 155 Å². The lowest BCUT2D eigenvalue weighted by atomic mass is 9.99. The summed E-state index contributed by atoms with van der Waals surface area (Å²) in [5.41, 5.74) is 0. The van der Waals surface area contributed by atoms with Gasteiger partial charge in [-0.3, -0.25) is 4.79 Å². The maximum atomic E-state index is 12.3. The van der Waals surface area contributed by atoms with Crippen LogP contribution in [-0.4, -0.2) is 46.1 Å². The first-order valence-corrected chi connectivity index (χ1v) is 16.3. The topological polar surface area (TPSA) is 89.8 Å². The minimum Gasteiger partial charge on any atom is -0.394 e. The molecule has 222 valence electrons. The van der Waals surface area contributed by atoms with Crippen molar-refractivity contribution in [2.24, 2.45) is 0 Å². The molecule has 0 heterocycles. The number of hydrogen-bond donors (Lipinski definition) is 4. The Hall–Kier alpha value is -0.650. The summed E-state index contributed by atoms with van der Waals surface area (Å²) in [6.45, 7) is 4.14. The number of amides is 1. The Morgan fingerprint density at radius 1 is 0.568 bits per heavy atom. The minimum absolute atomic E-state index is 0.146. The largest absolute Gasteiger partial charge is 0.394 e. The predicted octanol–water partition coefficient (Wildman–Crippen LogP) is 7.98. The molecule has 0 aromatic carbocycles. The number of carbonyl (C=O) groups is 1. The van der Waals surface area contributed by atoms with Crippen LogP contribution >= 0.6 is 0 Å². The molecule has 0 radical (unpaired) electrons. The summed E-state index contributed by atoms with van der Waals surface area (Å²) in [4.78, 5) is 12.3. The summed E-state index contributed by atoms with van der Waals surface area (Å²) in [5, 5.41) is 33.2. The highest BCUT2D eigenvalue weighted by Gasteiger charge is 2.26. The molecule has 5 heteroatoms. The smallest absolute Gasteiger partial charge is 0.220 e. The van der Waals surface area contributed by atoms with E-state index in [0.717, 1.165) is 38.5 Å². The second-order valence-electron chi connectivity index (χ2n) is 11.4. The zero-order chi connectivity index (χ0) is 27.4. The van der Waals surface area contributed by atoms with E-state index in [4.69, 9.17) is 0 Å². The first-order chi connectivity index (χ1) is 18.1. The van der Waals surface area contributed by atoms with Gasteiger partial charge in [0.05, 0.1) is 18.8 Å². The molecule has 4 N–H and O–H groups in total. The third-order valence-corrected chi connectivity index (χ3v) is 7.71. The number of aliphatic hydroxyl groups excluding tert-OH is 3. The molecule has 0 saturated carbocycles. The second-order valence-corrected chi connectivity index (χ2v) is 11.4. The van der Waals surface area contributed by atoms with Crippen LogP contribution in [-0.2, 0) is 4.79 Å². The minimum atomic E-state index is -1.13. The monoisotopic (exact) mass is 527 g/mol. The van der Waals surface area contributed by atoms with Crippen molar-refractivity contribution in [2.45, 2.75) is 193 Å². The Labute approximate surface area is 230 Å².